The molecule has 0 bridgehead atoms. The summed E-state index contributed by atoms with van der Waals surface area (Å²) in [6, 6.07) is 1.54. The Hall–Kier alpha value is -1.71. The number of carboxylic acids is 1. The minimum atomic E-state index is -4.11. The number of rotatable bonds is 4. The number of carbonyl (C=O) groups is 1. The van der Waals surface area contributed by atoms with Crippen LogP contribution in [0.1, 0.15) is 10.4 Å². The molecule has 0 amide bonds. The molecule has 21 heavy (non-hydrogen) atoms. The van der Waals surface area contributed by atoms with E-state index in [2.05, 4.69) is 0 Å². The molecule has 1 fully saturated rings. The van der Waals surface area contributed by atoms with Crippen LogP contribution in [-0.2, 0) is 14.8 Å². The van der Waals surface area contributed by atoms with Crippen LogP contribution < -0.4 is 4.74 Å². The van der Waals surface area contributed by atoms with Gasteiger partial charge in [0.2, 0.25) is 10.0 Å². The Morgan fingerprint density at radius 1 is 1.38 bits per heavy atom. The number of aromatic carboxylic acids is 1. The van der Waals surface area contributed by atoms with E-state index in [0.717, 1.165) is 16.4 Å². The maximum Gasteiger partial charge on any atom is 0.339 e. The average Bonchev–Trinajstić information content (AvgIpc) is 2.47. The fourth-order valence-corrected chi connectivity index (χ4v) is 3.47. The molecule has 0 radical (unpaired) electrons. The Morgan fingerprint density at radius 3 is 2.52 bits per heavy atom. The van der Waals surface area contributed by atoms with Gasteiger partial charge in [0.15, 0.2) is 0 Å². The van der Waals surface area contributed by atoms with E-state index in [-0.39, 0.29) is 32.1 Å². The van der Waals surface area contributed by atoms with Crippen LogP contribution in [0, 0.1) is 5.82 Å². The van der Waals surface area contributed by atoms with Crippen molar-refractivity contribution in [1.29, 1.82) is 0 Å². The van der Waals surface area contributed by atoms with Gasteiger partial charge < -0.3 is 14.6 Å². The van der Waals surface area contributed by atoms with E-state index < -0.39 is 32.3 Å². The highest BCUT2D eigenvalue weighted by atomic mass is 32.2. The maximum atomic E-state index is 14.0. The van der Waals surface area contributed by atoms with Crippen LogP contribution >= 0.6 is 0 Å². The highest BCUT2D eigenvalue weighted by Crippen LogP contribution is 2.28. The number of sulfonamides is 1. The average molecular weight is 319 g/mol. The van der Waals surface area contributed by atoms with Gasteiger partial charge in [-0.2, -0.15) is 4.31 Å². The Morgan fingerprint density at radius 2 is 2.00 bits per heavy atom. The van der Waals surface area contributed by atoms with Gasteiger partial charge in [0.05, 0.1) is 20.3 Å². The first-order valence-electron chi connectivity index (χ1n) is 6.06. The molecule has 1 aromatic carbocycles. The van der Waals surface area contributed by atoms with Gasteiger partial charge in [0.25, 0.3) is 0 Å². The molecule has 1 aliphatic rings. The van der Waals surface area contributed by atoms with Crippen LogP contribution in [0.25, 0.3) is 0 Å². The molecule has 2 rings (SSSR count). The molecule has 1 aliphatic heterocycles. The van der Waals surface area contributed by atoms with Gasteiger partial charge in [0.1, 0.15) is 22.0 Å². The minimum absolute atomic E-state index is 0.0935. The van der Waals surface area contributed by atoms with Gasteiger partial charge in [-0.05, 0) is 6.07 Å². The summed E-state index contributed by atoms with van der Waals surface area (Å²) in [4.78, 5) is 10.4. The summed E-state index contributed by atoms with van der Waals surface area (Å²) in [6.07, 6.45) is 0. The predicted octanol–water partition coefficient (Wildman–Crippen LogP) is 0.553. The van der Waals surface area contributed by atoms with Crippen molar-refractivity contribution < 1.29 is 32.2 Å². The molecule has 9 heteroatoms. The highest BCUT2D eigenvalue weighted by Gasteiger charge is 2.31. The quantitative estimate of drug-likeness (QED) is 0.871. The smallest absolute Gasteiger partial charge is 0.339 e. The Labute approximate surface area is 120 Å². The molecule has 116 valence electrons. The second-order valence-corrected chi connectivity index (χ2v) is 6.21. The van der Waals surface area contributed by atoms with Crippen molar-refractivity contribution in [3.63, 3.8) is 0 Å². The van der Waals surface area contributed by atoms with Crippen molar-refractivity contribution in [2.45, 2.75) is 4.90 Å². The van der Waals surface area contributed by atoms with Gasteiger partial charge in [-0.1, -0.05) is 0 Å². The number of halogens is 1. The molecular weight excluding hydrogens is 305 g/mol. The molecule has 0 aromatic heterocycles. The predicted molar refractivity (Wildman–Crippen MR) is 69.5 cm³/mol. The van der Waals surface area contributed by atoms with E-state index >= 15 is 0 Å². The van der Waals surface area contributed by atoms with Crippen LogP contribution in [0.3, 0.4) is 0 Å². The van der Waals surface area contributed by atoms with Crippen LogP contribution in [0.4, 0.5) is 4.39 Å². The second-order valence-electron chi connectivity index (χ2n) is 4.30. The summed E-state index contributed by atoms with van der Waals surface area (Å²) < 4.78 is 49.6. The summed E-state index contributed by atoms with van der Waals surface area (Å²) >= 11 is 0. The first-order valence-corrected chi connectivity index (χ1v) is 7.50. The Balaban J connectivity index is 2.52. The zero-order valence-corrected chi connectivity index (χ0v) is 12.0. The number of ether oxygens (including phenoxy) is 2. The number of methoxy groups -OCH3 is 1. The summed E-state index contributed by atoms with van der Waals surface area (Å²) in [5.41, 5.74) is -0.411. The normalized spacial score (nSPS) is 16.7. The van der Waals surface area contributed by atoms with Crippen molar-refractivity contribution in [2.24, 2.45) is 0 Å². The zero-order chi connectivity index (χ0) is 15.6. The maximum absolute atomic E-state index is 14.0. The van der Waals surface area contributed by atoms with Crippen molar-refractivity contribution in [1.82, 2.24) is 4.31 Å². The van der Waals surface area contributed by atoms with Crippen LogP contribution in [-0.4, -0.2) is 57.2 Å². The number of carboxylic acid groups (broad SMARTS) is 1. The number of benzene rings is 1. The van der Waals surface area contributed by atoms with Gasteiger partial charge in [-0.15, -0.1) is 0 Å². The van der Waals surface area contributed by atoms with Crippen molar-refractivity contribution in [3.05, 3.63) is 23.5 Å². The molecule has 1 aromatic rings. The largest absolute Gasteiger partial charge is 0.496 e. The van der Waals surface area contributed by atoms with Crippen molar-refractivity contribution >= 4 is 16.0 Å². The standard InChI is InChI=1S/C12H14FNO6S/c1-19-10-7-9(13)11(6-8(10)12(15)16)21(17,18)14-2-4-20-5-3-14/h6-7H,2-5H2,1H3,(H,15,16). The van der Waals surface area contributed by atoms with Gasteiger partial charge in [0, 0.05) is 19.2 Å². The monoisotopic (exact) mass is 319 g/mol. The van der Waals surface area contributed by atoms with E-state index in [4.69, 9.17) is 14.6 Å². The number of morpholine rings is 1. The van der Waals surface area contributed by atoms with E-state index in [1.54, 1.807) is 0 Å². The lowest BCUT2D eigenvalue weighted by Crippen LogP contribution is -2.41. The molecule has 0 spiro atoms. The number of hydrogen-bond donors (Lipinski definition) is 1. The Bertz CT molecular complexity index is 654. The molecule has 7 nitrogen and oxygen atoms in total. The van der Waals surface area contributed by atoms with Crippen molar-refractivity contribution in [2.75, 3.05) is 33.4 Å². The lowest BCUT2D eigenvalue weighted by Gasteiger charge is -2.26. The van der Waals surface area contributed by atoms with Crippen molar-refractivity contribution in [3.8, 4) is 5.75 Å². The third-order valence-corrected chi connectivity index (χ3v) is 4.99. The molecule has 0 unspecified atom stereocenters. The van der Waals surface area contributed by atoms with Crippen LogP contribution in [0.15, 0.2) is 17.0 Å². The third kappa shape index (κ3) is 2.99. The second kappa shape index (κ2) is 5.96. The molecule has 1 N–H and O–H groups in total. The zero-order valence-electron chi connectivity index (χ0n) is 11.2. The molecular formula is C12H14FNO6S. The fraction of sp³-hybridized carbons (Fsp3) is 0.417. The van der Waals surface area contributed by atoms with E-state index in [1.807, 2.05) is 0 Å². The lowest BCUT2D eigenvalue weighted by atomic mass is 10.2. The highest BCUT2D eigenvalue weighted by molar-refractivity contribution is 7.89. The van der Waals surface area contributed by atoms with E-state index in [0.29, 0.717) is 0 Å². The minimum Gasteiger partial charge on any atom is -0.496 e. The fourth-order valence-electron chi connectivity index (χ4n) is 1.99. The van der Waals surface area contributed by atoms with Gasteiger partial charge in [-0.3, -0.25) is 0 Å². The topological polar surface area (TPSA) is 93.1 Å². The van der Waals surface area contributed by atoms with Crippen LogP contribution in [0.2, 0.25) is 0 Å². The van der Waals surface area contributed by atoms with E-state index in [1.165, 1.54) is 7.11 Å². The number of nitrogens with zero attached hydrogens (tertiary/aromatic N) is 1. The molecule has 1 saturated heterocycles. The summed E-state index contributed by atoms with van der Waals surface area (Å²) in [5, 5.41) is 9.06. The molecule has 1 heterocycles. The first-order chi connectivity index (χ1) is 9.87. The summed E-state index contributed by atoms with van der Waals surface area (Å²) in [6.45, 7) is 0.609. The Kier molecular flexibility index (Phi) is 4.45. The summed E-state index contributed by atoms with van der Waals surface area (Å²) in [5.74, 6) is -2.69. The lowest BCUT2D eigenvalue weighted by molar-refractivity contribution is 0.0692. The first kappa shape index (κ1) is 15.7. The molecule has 0 aliphatic carbocycles. The summed E-state index contributed by atoms with van der Waals surface area (Å²) in [7, 11) is -2.94. The molecule has 0 saturated carbocycles. The van der Waals surface area contributed by atoms with E-state index in [9.17, 15) is 17.6 Å². The molecule has 0 atom stereocenters. The van der Waals surface area contributed by atoms with Gasteiger partial charge in [-0.25, -0.2) is 17.6 Å². The van der Waals surface area contributed by atoms with Gasteiger partial charge >= 0.3 is 5.97 Å². The van der Waals surface area contributed by atoms with Crippen LogP contribution in [0.5, 0.6) is 5.75 Å². The number of hydrogen-bond acceptors (Lipinski definition) is 5. The SMILES string of the molecule is COc1cc(F)c(S(=O)(=O)N2CCOCC2)cc1C(=O)O. The third-order valence-electron chi connectivity index (χ3n) is 3.07.